The second-order valence-electron chi connectivity index (χ2n) is 6.76. The highest BCUT2D eigenvalue weighted by Gasteiger charge is 2.10. The van der Waals surface area contributed by atoms with Gasteiger partial charge in [-0.3, -0.25) is 4.79 Å². The first-order valence-corrected chi connectivity index (χ1v) is 9.12. The molecule has 0 radical (unpaired) electrons. The molecule has 0 aromatic heterocycles. The van der Waals surface area contributed by atoms with E-state index in [0.717, 1.165) is 43.7 Å². The maximum atomic E-state index is 12.0. The second-order valence-corrected chi connectivity index (χ2v) is 6.76. The van der Waals surface area contributed by atoms with Crippen molar-refractivity contribution in [3.05, 3.63) is 35.4 Å². The van der Waals surface area contributed by atoms with Gasteiger partial charge in [-0.1, -0.05) is 30.7 Å². The zero-order chi connectivity index (χ0) is 18.1. The van der Waals surface area contributed by atoms with Crippen molar-refractivity contribution in [1.29, 1.82) is 0 Å². The van der Waals surface area contributed by atoms with Gasteiger partial charge >= 0.3 is 6.03 Å². The Bertz CT molecular complexity index is 553. The average Bonchev–Trinajstić information content (AvgIpc) is 2.62. The normalized spacial score (nSPS) is 14.9. The second kappa shape index (κ2) is 10.0. The highest BCUT2D eigenvalue weighted by Crippen LogP contribution is 2.09. The smallest absolute Gasteiger partial charge is 0.314 e. The van der Waals surface area contributed by atoms with Crippen LogP contribution in [0.15, 0.2) is 24.3 Å². The van der Waals surface area contributed by atoms with Gasteiger partial charge in [0, 0.05) is 33.1 Å². The van der Waals surface area contributed by atoms with Crippen LogP contribution in [0.5, 0.6) is 0 Å². The van der Waals surface area contributed by atoms with Gasteiger partial charge in [-0.25, -0.2) is 4.79 Å². The minimum atomic E-state index is -0.440. The quantitative estimate of drug-likeness (QED) is 0.752. The Morgan fingerprint density at radius 3 is 2.40 bits per heavy atom. The van der Waals surface area contributed by atoms with E-state index in [4.69, 9.17) is 5.73 Å². The first kappa shape index (κ1) is 19.2. The molecule has 0 spiro atoms. The van der Waals surface area contributed by atoms with Crippen molar-refractivity contribution in [2.24, 2.45) is 5.73 Å². The molecule has 2 rings (SSSR count). The van der Waals surface area contributed by atoms with Gasteiger partial charge in [0.2, 0.25) is 5.91 Å². The van der Waals surface area contributed by atoms with Crippen LogP contribution in [0.2, 0.25) is 0 Å². The summed E-state index contributed by atoms with van der Waals surface area (Å²) in [5.74, 6) is 0.106. The number of rotatable bonds is 8. The first-order valence-electron chi connectivity index (χ1n) is 9.12. The van der Waals surface area contributed by atoms with E-state index in [2.05, 4.69) is 10.2 Å². The summed E-state index contributed by atoms with van der Waals surface area (Å²) in [6, 6.07) is 7.52. The van der Waals surface area contributed by atoms with Crippen LogP contribution in [-0.4, -0.2) is 55.0 Å². The number of nitrogens with zero attached hydrogens (tertiary/aromatic N) is 2. The van der Waals surface area contributed by atoms with Crippen LogP contribution in [0.1, 0.15) is 36.8 Å². The Kier molecular flexibility index (Phi) is 7.73. The lowest BCUT2D eigenvalue weighted by Crippen LogP contribution is -2.37. The lowest BCUT2D eigenvalue weighted by Gasteiger charge is -2.26. The van der Waals surface area contributed by atoms with Crippen LogP contribution in [0.4, 0.5) is 4.79 Å². The molecule has 138 valence electrons. The summed E-state index contributed by atoms with van der Waals surface area (Å²) >= 11 is 0. The molecule has 1 aliphatic rings. The van der Waals surface area contributed by atoms with E-state index in [1.54, 1.807) is 7.05 Å². The fourth-order valence-corrected chi connectivity index (χ4v) is 3.05. The van der Waals surface area contributed by atoms with Crippen molar-refractivity contribution in [2.75, 3.05) is 33.2 Å². The van der Waals surface area contributed by atoms with E-state index < -0.39 is 6.03 Å². The number of carbonyl (C=O) groups is 2. The SMILES string of the molecule is CN(Cc1ccc(CCC(=O)NCCN2CCCCC2)cc1)C(N)=O. The molecule has 6 heteroatoms. The number of primary amides is 1. The fourth-order valence-electron chi connectivity index (χ4n) is 3.05. The summed E-state index contributed by atoms with van der Waals surface area (Å²) < 4.78 is 0. The molecule has 1 aliphatic heterocycles. The van der Waals surface area contributed by atoms with Gasteiger partial charge in [0.15, 0.2) is 0 Å². The average molecular weight is 346 g/mol. The number of carbonyl (C=O) groups excluding carboxylic acids is 2. The Morgan fingerprint density at radius 1 is 1.12 bits per heavy atom. The standard InChI is InChI=1S/C19H30N4O2/c1-22(19(20)25)15-17-7-5-16(6-8-17)9-10-18(24)21-11-14-23-12-3-2-4-13-23/h5-8H,2-4,9-15H2,1H3,(H2,20,25)(H,21,24). The topological polar surface area (TPSA) is 78.7 Å². The molecule has 0 bridgehead atoms. The molecule has 3 N–H and O–H groups in total. The van der Waals surface area contributed by atoms with Crippen LogP contribution in [-0.2, 0) is 17.8 Å². The Morgan fingerprint density at radius 2 is 1.76 bits per heavy atom. The van der Waals surface area contributed by atoms with E-state index >= 15 is 0 Å². The van der Waals surface area contributed by atoms with Gasteiger partial charge in [0.1, 0.15) is 0 Å². The summed E-state index contributed by atoms with van der Waals surface area (Å²) in [4.78, 5) is 26.9. The molecule has 0 atom stereocenters. The molecule has 25 heavy (non-hydrogen) atoms. The predicted octanol–water partition coefficient (Wildman–Crippen LogP) is 1.73. The number of piperidine rings is 1. The number of benzene rings is 1. The van der Waals surface area contributed by atoms with Crippen LogP contribution >= 0.6 is 0 Å². The van der Waals surface area contributed by atoms with E-state index in [0.29, 0.717) is 13.0 Å². The highest BCUT2D eigenvalue weighted by atomic mass is 16.2. The molecule has 3 amide bonds. The largest absolute Gasteiger partial charge is 0.355 e. The number of urea groups is 1. The number of likely N-dealkylation sites (tertiary alicyclic amines) is 1. The molecule has 0 aliphatic carbocycles. The summed E-state index contributed by atoms with van der Waals surface area (Å²) in [5, 5.41) is 3.01. The fraction of sp³-hybridized carbons (Fsp3) is 0.579. The summed E-state index contributed by atoms with van der Waals surface area (Å²) in [7, 11) is 1.67. The molecule has 1 heterocycles. The van der Waals surface area contributed by atoms with Crippen molar-refractivity contribution in [1.82, 2.24) is 15.1 Å². The monoisotopic (exact) mass is 346 g/mol. The highest BCUT2D eigenvalue weighted by molar-refractivity contribution is 5.76. The zero-order valence-corrected chi connectivity index (χ0v) is 15.2. The predicted molar refractivity (Wildman–Crippen MR) is 99.1 cm³/mol. The van der Waals surface area contributed by atoms with Gasteiger partial charge in [0.05, 0.1) is 0 Å². The van der Waals surface area contributed by atoms with Crippen molar-refractivity contribution in [3.8, 4) is 0 Å². The molecule has 1 fully saturated rings. The summed E-state index contributed by atoms with van der Waals surface area (Å²) in [5.41, 5.74) is 7.37. The molecule has 0 saturated carbocycles. The lowest BCUT2D eigenvalue weighted by molar-refractivity contribution is -0.121. The number of aryl methyl sites for hydroxylation is 1. The maximum Gasteiger partial charge on any atom is 0.314 e. The minimum absolute atomic E-state index is 0.106. The van der Waals surface area contributed by atoms with Gasteiger partial charge in [-0.2, -0.15) is 0 Å². The Labute approximate surface area is 150 Å². The van der Waals surface area contributed by atoms with Gasteiger partial charge in [-0.05, 0) is 43.5 Å². The van der Waals surface area contributed by atoms with E-state index in [-0.39, 0.29) is 5.91 Å². The Hall–Kier alpha value is -2.08. The van der Waals surface area contributed by atoms with E-state index in [9.17, 15) is 9.59 Å². The van der Waals surface area contributed by atoms with Gasteiger partial charge in [0.25, 0.3) is 0 Å². The zero-order valence-electron chi connectivity index (χ0n) is 15.2. The minimum Gasteiger partial charge on any atom is -0.355 e. The number of nitrogens with two attached hydrogens (primary N) is 1. The van der Waals surface area contributed by atoms with Crippen molar-refractivity contribution >= 4 is 11.9 Å². The van der Waals surface area contributed by atoms with Crippen molar-refractivity contribution in [2.45, 2.75) is 38.6 Å². The molecular weight excluding hydrogens is 316 g/mol. The van der Waals surface area contributed by atoms with Crippen molar-refractivity contribution < 1.29 is 9.59 Å². The van der Waals surface area contributed by atoms with Crippen LogP contribution in [0.3, 0.4) is 0 Å². The first-order chi connectivity index (χ1) is 12.0. The van der Waals surface area contributed by atoms with Gasteiger partial charge in [-0.15, -0.1) is 0 Å². The van der Waals surface area contributed by atoms with Crippen molar-refractivity contribution in [3.63, 3.8) is 0 Å². The third-order valence-corrected chi connectivity index (χ3v) is 4.66. The van der Waals surface area contributed by atoms with E-state index in [1.165, 1.54) is 24.2 Å². The Balaban J connectivity index is 1.64. The summed E-state index contributed by atoms with van der Waals surface area (Å²) in [6.07, 6.45) is 5.11. The molecule has 1 aromatic rings. The number of hydrogen-bond acceptors (Lipinski definition) is 3. The third kappa shape index (κ3) is 7.13. The third-order valence-electron chi connectivity index (χ3n) is 4.66. The number of nitrogens with one attached hydrogen (secondary N) is 1. The van der Waals surface area contributed by atoms with Crippen LogP contribution < -0.4 is 11.1 Å². The molecular formula is C19H30N4O2. The molecule has 6 nitrogen and oxygen atoms in total. The van der Waals surface area contributed by atoms with Crippen LogP contribution in [0, 0.1) is 0 Å². The lowest BCUT2D eigenvalue weighted by atomic mass is 10.1. The molecule has 1 saturated heterocycles. The number of hydrogen-bond donors (Lipinski definition) is 2. The van der Waals surface area contributed by atoms with Crippen LogP contribution in [0.25, 0.3) is 0 Å². The van der Waals surface area contributed by atoms with E-state index in [1.807, 2.05) is 24.3 Å². The number of amides is 3. The molecule has 1 aromatic carbocycles. The molecule has 0 unspecified atom stereocenters. The maximum absolute atomic E-state index is 12.0. The van der Waals surface area contributed by atoms with Gasteiger partial charge < -0.3 is 20.9 Å². The summed E-state index contributed by atoms with van der Waals surface area (Å²) in [6.45, 7) is 4.50.